The summed E-state index contributed by atoms with van der Waals surface area (Å²) in [4.78, 5) is 23.3. The van der Waals surface area contributed by atoms with Gasteiger partial charge in [-0.1, -0.05) is 18.2 Å². The number of fused-ring (bicyclic) bond motifs is 1. The molecular formula is C18H23NO4. The van der Waals surface area contributed by atoms with Gasteiger partial charge in [-0.2, -0.15) is 0 Å². The molecule has 1 amide bonds. The number of carbonyl (C=O) groups is 2. The second-order valence-electron chi connectivity index (χ2n) is 6.50. The lowest BCUT2D eigenvalue weighted by Gasteiger charge is -2.28. The first-order valence-electron chi connectivity index (χ1n) is 8.37. The fourth-order valence-electron chi connectivity index (χ4n) is 3.60. The lowest BCUT2D eigenvalue weighted by atomic mass is 9.81. The van der Waals surface area contributed by atoms with Crippen LogP contribution in [0.3, 0.4) is 0 Å². The van der Waals surface area contributed by atoms with Gasteiger partial charge in [0.1, 0.15) is 5.75 Å². The van der Waals surface area contributed by atoms with Gasteiger partial charge in [0.05, 0.1) is 12.5 Å². The molecule has 0 bridgehead atoms. The number of carboxylic acids is 1. The topological polar surface area (TPSA) is 75.6 Å². The van der Waals surface area contributed by atoms with Crippen LogP contribution in [0.25, 0.3) is 0 Å². The molecule has 3 rings (SSSR count). The molecule has 1 atom stereocenters. The summed E-state index contributed by atoms with van der Waals surface area (Å²) in [5.74, 6) is 0.224. The number of hydrogen-bond donors (Lipinski definition) is 2. The van der Waals surface area contributed by atoms with E-state index in [1.54, 1.807) is 0 Å². The Morgan fingerprint density at radius 3 is 2.52 bits per heavy atom. The zero-order valence-corrected chi connectivity index (χ0v) is 13.2. The van der Waals surface area contributed by atoms with Gasteiger partial charge in [0.15, 0.2) is 0 Å². The zero-order valence-electron chi connectivity index (χ0n) is 13.2. The normalized spacial score (nSPS) is 26.7. The first-order chi connectivity index (χ1) is 11.1. The summed E-state index contributed by atoms with van der Waals surface area (Å²) in [7, 11) is 0. The Labute approximate surface area is 136 Å². The maximum atomic E-state index is 12.3. The highest BCUT2D eigenvalue weighted by molar-refractivity contribution is 5.79. The molecule has 124 valence electrons. The number of nitrogens with one attached hydrogen (secondary N) is 1. The van der Waals surface area contributed by atoms with Gasteiger partial charge < -0.3 is 15.2 Å². The van der Waals surface area contributed by atoms with Gasteiger partial charge in [-0.05, 0) is 43.7 Å². The first kappa shape index (κ1) is 15.8. The molecule has 2 aliphatic rings. The van der Waals surface area contributed by atoms with Crippen LogP contribution in [0, 0.1) is 11.8 Å². The number of ether oxygens (including phenoxy) is 1. The fraction of sp³-hybridized carbons (Fsp3) is 0.556. The summed E-state index contributed by atoms with van der Waals surface area (Å²) in [5.41, 5.74) is 1.16. The van der Waals surface area contributed by atoms with Crippen LogP contribution >= 0.6 is 0 Å². The Balaban J connectivity index is 1.51. The smallest absolute Gasteiger partial charge is 0.306 e. The largest absolute Gasteiger partial charge is 0.493 e. The van der Waals surface area contributed by atoms with E-state index in [9.17, 15) is 9.59 Å². The van der Waals surface area contributed by atoms with E-state index in [0.29, 0.717) is 44.8 Å². The van der Waals surface area contributed by atoms with E-state index in [4.69, 9.17) is 9.84 Å². The molecule has 23 heavy (non-hydrogen) atoms. The lowest BCUT2D eigenvalue weighted by Crippen LogP contribution is -2.37. The molecule has 0 spiro atoms. The molecule has 1 saturated carbocycles. The van der Waals surface area contributed by atoms with Gasteiger partial charge in [0.2, 0.25) is 5.91 Å². The minimum absolute atomic E-state index is 0.0410. The van der Waals surface area contributed by atoms with Crippen molar-refractivity contribution >= 4 is 11.9 Å². The van der Waals surface area contributed by atoms with Crippen LogP contribution < -0.4 is 10.1 Å². The lowest BCUT2D eigenvalue weighted by molar-refractivity contribution is -0.144. The zero-order chi connectivity index (χ0) is 16.2. The Bertz CT molecular complexity index is 578. The molecule has 1 aliphatic carbocycles. The number of para-hydroxylation sites is 1. The minimum Gasteiger partial charge on any atom is -0.493 e. The van der Waals surface area contributed by atoms with E-state index in [2.05, 4.69) is 11.4 Å². The monoisotopic (exact) mass is 317 g/mol. The third-order valence-corrected chi connectivity index (χ3v) is 5.05. The molecule has 5 nitrogen and oxygen atoms in total. The van der Waals surface area contributed by atoms with E-state index in [1.165, 1.54) is 0 Å². The molecule has 1 aliphatic heterocycles. The maximum absolute atomic E-state index is 12.3. The molecule has 1 aromatic carbocycles. The SMILES string of the molecule is O=C(O)C1CCC(C(=O)NCC2CCOc3ccccc32)CC1. The van der Waals surface area contributed by atoms with Crippen LogP contribution in [0.15, 0.2) is 24.3 Å². The maximum Gasteiger partial charge on any atom is 0.306 e. The van der Waals surface area contributed by atoms with Gasteiger partial charge >= 0.3 is 5.97 Å². The van der Waals surface area contributed by atoms with Crippen molar-refractivity contribution in [2.45, 2.75) is 38.0 Å². The molecule has 1 heterocycles. The van der Waals surface area contributed by atoms with E-state index in [1.807, 2.05) is 18.2 Å². The van der Waals surface area contributed by atoms with Crippen molar-refractivity contribution in [2.24, 2.45) is 11.8 Å². The second-order valence-corrected chi connectivity index (χ2v) is 6.50. The molecular weight excluding hydrogens is 294 g/mol. The van der Waals surface area contributed by atoms with Gasteiger partial charge in [0.25, 0.3) is 0 Å². The average molecular weight is 317 g/mol. The standard InChI is InChI=1S/C18H23NO4/c20-17(12-5-7-13(8-6-12)18(21)22)19-11-14-9-10-23-16-4-2-1-3-15(14)16/h1-4,12-14H,5-11H2,(H,19,20)(H,21,22). The van der Waals surface area contributed by atoms with Crippen LogP contribution in [-0.2, 0) is 9.59 Å². The molecule has 5 heteroatoms. The highest BCUT2D eigenvalue weighted by Crippen LogP contribution is 2.33. The Morgan fingerprint density at radius 1 is 1.09 bits per heavy atom. The molecule has 1 aromatic rings. The number of hydrogen-bond acceptors (Lipinski definition) is 3. The molecule has 1 fully saturated rings. The summed E-state index contributed by atoms with van der Waals surface area (Å²) in [6.07, 6.45) is 3.46. The second kappa shape index (κ2) is 7.02. The van der Waals surface area contributed by atoms with Crippen molar-refractivity contribution in [3.05, 3.63) is 29.8 Å². The predicted octanol–water partition coefficient (Wildman–Crippen LogP) is 2.56. The molecule has 0 aromatic heterocycles. The molecule has 1 unspecified atom stereocenters. The third kappa shape index (κ3) is 3.66. The van der Waals surface area contributed by atoms with Crippen LogP contribution in [0.1, 0.15) is 43.6 Å². The average Bonchev–Trinajstić information content (AvgIpc) is 2.59. The van der Waals surface area contributed by atoms with Crippen LogP contribution in [0.2, 0.25) is 0 Å². The van der Waals surface area contributed by atoms with Gasteiger partial charge in [-0.15, -0.1) is 0 Å². The van der Waals surface area contributed by atoms with Gasteiger partial charge in [0, 0.05) is 18.4 Å². The van der Waals surface area contributed by atoms with Crippen molar-refractivity contribution in [1.29, 1.82) is 0 Å². The van der Waals surface area contributed by atoms with Crippen LogP contribution in [-0.4, -0.2) is 30.1 Å². The van der Waals surface area contributed by atoms with Crippen molar-refractivity contribution in [1.82, 2.24) is 5.32 Å². The fourth-order valence-corrected chi connectivity index (χ4v) is 3.60. The number of rotatable bonds is 4. The quantitative estimate of drug-likeness (QED) is 0.895. The summed E-state index contributed by atoms with van der Waals surface area (Å²) in [6.45, 7) is 1.30. The molecule has 0 radical (unpaired) electrons. The van der Waals surface area contributed by atoms with Crippen molar-refractivity contribution < 1.29 is 19.4 Å². The highest BCUT2D eigenvalue weighted by Gasteiger charge is 2.30. The highest BCUT2D eigenvalue weighted by atomic mass is 16.5. The third-order valence-electron chi connectivity index (χ3n) is 5.05. The van der Waals surface area contributed by atoms with Gasteiger partial charge in [-0.3, -0.25) is 9.59 Å². The Kier molecular flexibility index (Phi) is 4.84. The van der Waals surface area contributed by atoms with Crippen molar-refractivity contribution in [3.8, 4) is 5.75 Å². The summed E-state index contributed by atoms with van der Waals surface area (Å²) >= 11 is 0. The number of carbonyl (C=O) groups excluding carboxylic acids is 1. The van der Waals surface area contributed by atoms with Crippen LogP contribution in [0.4, 0.5) is 0 Å². The van der Waals surface area contributed by atoms with E-state index in [0.717, 1.165) is 17.7 Å². The number of amides is 1. The number of aliphatic carboxylic acids is 1. The van der Waals surface area contributed by atoms with Crippen LogP contribution in [0.5, 0.6) is 5.75 Å². The van der Waals surface area contributed by atoms with E-state index >= 15 is 0 Å². The van der Waals surface area contributed by atoms with Crippen molar-refractivity contribution in [2.75, 3.05) is 13.2 Å². The number of benzene rings is 1. The van der Waals surface area contributed by atoms with Crippen molar-refractivity contribution in [3.63, 3.8) is 0 Å². The Hall–Kier alpha value is -2.04. The Morgan fingerprint density at radius 2 is 1.78 bits per heavy atom. The first-order valence-corrected chi connectivity index (χ1v) is 8.37. The van der Waals surface area contributed by atoms with E-state index < -0.39 is 5.97 Å². The van der Waals surface area contributed by atoms with E-state index in [-0.39, 0.29) is 17.7 Å². The summed E-state index contributed by atoms with van der Waals surface area (Å²) in [5, 5.41) is 12.1. The summed E-state index contributed by atoms with van der Waals surface area (Å²) < 4.78 is 5.64. The summed E-state index contributed by atoms with van der Waals surface area (Å²) in [6, 6.07) is 7.98. The predicted molar refractivity (Wildman–Crippen MR) is 85.4 cm³/mol. The molecule has 2 N–H and O–H groups in total. The number of carboxylic acid groups (broad SMARTS) is 1. The molecule has 0 saturated heterocycles. The minimum atomic E-state index is -0.734. The van der Waals surface area contributed by atoms with Gasteiger partial charge in [-0.25, -0.2) is 0 Å².